The van der Waals surface area contributed by atoms with Crippen LogP contribution in [-0.4, -0.2) is 52.6 Å². The number of methoxy groups -OCH3 is 1. The molecule has 3 rings (SSSR count). The summed E-state index contributed by atoms with van der Waals surface area (Å²) >= 11 is 3.28. The highest BCUT2D eigenvalue weighted by Gasteiger charge is 2.33. The van der Waals surface area contributed by atoms with Gasteiger partial charge < -0.3 is 9.84 Å². The highest BCUT2D eigenvalue weighted by molar-refractivity contribution is 8.01. The van der Waals surface area contributed by atoms with Crippen molar-refractivity contribution < 1.29 is 19.4 Å². The molecular weight excluding hydrogens is 440 g/mol. The number of aliphatic hydroxyl groups is 1. The van der Waals surface area contributed by atoms with Gasteiger partial charge in [-0.1, -0.05) is 54.6 Å². The van der Waals surface area contributed by atoms with Crippen molar-refractivity contribution in [2.75, 3.05) is 24.4 Å². The van der Waals surface area contributed by atoms with Crippen molar-refractivity contribution >= 4 is 46.0 Å². The Morgan fingerprint density at radius 1 is 1.22 bits per heavy atom. The van der Waals surface area contributed by atoms with E-state index in [9.17, 15) is 14.7 Å². The minimum Gasteiger partial charge on any atom is -0.468 e. The molecule has 0 radical (unpaired) electrons. The van der Waals surface area contributed by atoms with Crippen LogP contribution in [0.5, 0.6) is 0 Å². The molecule has 0 unspecified atom stereocenters. The highest BCUT2D eigenvalue weighted by atomic mass is 32.2. The zero-order valence-electron chi connectivity index (χ0n) is 18.6. The molecule has 6 heteroatoms. The molecule has 32 heavy (non-hydrogen) atoms. The molecule has 1 aliphatic carbocycles. The monoisotopic (exact) mass is 472 g/mol. The molecular formula is C26H32O4S2. The normalized spacial score (nSPS) is 19.6. The largest absolute Gasteiger partial charge is 0.468 e. The standard InChI is InChI=1S/C26H32O4S2/c1-30-25(29)18-31-15-4-16-32-26-21(11-14-24(26)28)10-13-23(27)12-8-19-7-9-20-5-2-3-6-22(20)17-19/h2-3,5-7,9-10,13,17,21,23,26-27H,4,8,11-12,14-16,18H2,1H3/t21-,23-,26+/m0/s1. The summed E-state index contributed by atoms with van der Waals surface area (Å²) in [5, 5.41) is 12.9. The lowest BCUT2D eigenvalue weighted by Gasteiger charge is -2.15. The van der Waals surface area contributed by atoms with Crippen molar-refractivity contribution in [1.82, 2.24) is 0 Å². The van der Waals surface area contributed by atoms with E-state index in [1.165, 1.54) is 23.4 Å². The second kappa shape index (κ2) is 13.1. The predicted octanol–water partition coefficient (Wildman–Crippen LogP) is 5.07. The minimum atomic E-state index is -0.502. The Morgan fingerprint density at radius 3 is 2.84 bits per heavy atom. The maximum absolute atomic E-state index is 12.3. The molecule has 0 spiro atoms. The Morgan fingerprint density at radius 2 is 2.03 bits per heavy atom. The number of allylic oxidation sites excluding steroid dienone is 1. The molecule has 0 aromatic heterocycles. The fourth-order valence-electron chi connectivity index (χ4n) is 3.92. The molecule has 3 atom stereocenters. The van der Waals surface area contributed by atoms with Crippen molar-refractivity contribution in [3.63, 3.8) is 0 Å². The van der Waals surface area contributed by atoms with Gasteiger partial charge in [-0.15, -0.1) is 11.8 Å². The number of fused-ring (bicyclic) bond motifs is 1. The van der Waals surface area contributed by atoms with Crippen molar-refractivity contribution in [3.8, 4) is 0 Å². The van der Waals surface area contributed by atoms with Crippen LogP contribution in [0, 0.1) is 5.92 Å². The molecule has 1 aliphatic rings. The van der Waals surface area contributed by atoms with Crippen LogP contribution in [0.2, 0.25) is 0 Å². The van der Waals surface area contributed by atoms with Crippen LogP contribution in [0.4, 0.5) is 0 Å². The first-order chi connectivity index (χ1) is 15.6. The van der Waals surface area contributed by atoms with Crippen LogP contribution in [-0.2, 0) is 20.7 Å². The van der Waals surface area contributed by atoms with Crippen molar-refractivity contribution in [1.29, 1.82) is 0 Å². The number of aryl methyl sites for hydroxylation is 1. The zero-order chi connectivity index (χ0) is 22.8. The smallest absolute Gasteiger partial charge is 0.315 e. The number of aliphatic hydroxyl groups excluding tert-OH is 1. The topological polar surface area (TPSA) is 63.6 Å². The molecule has 2 aromatic carbocycles. The number of ketones is 1. The van der Waals surface area contributed by atoms with Crippen molar-refractivity contribution in [2.24, 2.45) is 5.92 Å². The number of thioether (sulfide) groups is 2. The maximum Gasteiger partial charge on any atom is 0.315 e. The third-order valence-electron chi connectivity index (χ3n) is 5.73. The lowest BCUT2D eigenvalue weighted by atomic mass is 10.0. The lowest BCUT2D eigenvalue weighted by Crippen LogP contribution is -2.17. The number of benzene rings is 2. The molecule has 172 valence electrons. The Kier molecular flexibility index (Phi) is 10.2. The Balaban J connectivity index is 1.41. The van der Waals surface area contributed by atoms with Gasteiger partial charge in [-0.25, -0.2) is 0 Å². The van der Waals surface area contributed by atoms with E-state index in [1.54, 1.807) is 23.5 Å². The summed E-state index contributed by atoms with van der Waals surface area (Å²) in [6.07, 6.45) is 7.37. The Labute approximate surface area is 199 Å². The van der Waals surface area contributed by atoms with Gasteiger partial charge in [0.2, 0.25) is 0 Å². The third kappa shape index (κ3) is 7.68. The molecule has 1 saturated carbocycles. The summed E-state index contributed by atoms with van der Waals surface area (Å²) in [7, 11) is 1.40. The zero-order valence-corrected chi connectivity index (χ0v) is 20.2. The second-order valence-corrected chi connectivity index (χ2v) is 10.5. The van der Waals surface area contributed by atoms with E-state index in [2.05, 4.69) is 41.1 Å². The Bertz CT molecular complexity index is 927. The lowest BCUT2D eigenvalue weighted by molar-refractivity contribution is -0.137. The summed E-state index contributed by atoms with van der Waals surface area (Å²) in [6.45, 7) is 0. The SMILES string of the molecule is COC(=O)CSCCCS[C@H]1C(=O)CC[C@@H]1C=C[C@@H](O)CCc1ccc2ccccc2c1. The van der Waals surface area contributed by atoms with Crippen LogP contribution in [0.15, 0.2) is 54.6 Å². The third-order valence-corrected chi connectivity index (χ3v) is 8.24. The molecule has 4 nitrogen and oxygen atoms in total. The van der Waals surface area contributed by atoms with Gasteiger partial charge >= 0.3 is 5.97 Å². The first-order valence-electron chi connectivity index (χ1n) is 11.2. The molecule has 1 fully saturated rings. The molecule has 2 aromatic rings. The average molecular weight is 473 g/mol. The number of carbonyl (C=O) groups is 2. The first-order valence-corrected chi connectivity index (χ1v) is 13.4. The van der Waals surface area contributed by atoms with Gasteiger partial charge in [0.05, 0.1) is 24.2 Å². The van der Waals surface area contributed by atoms with Crippen molar-refractivity contribution in [2.45, 2.75) is 43.5 Å². The van der Waals surface area contributed by atoms with Gasteiger partial charge in [-0.05, 0) is 59.4 Å². The molecule has 0 bridgehead atoms. The van der Waals surface area contributed by atoms with E-state index in [-0.39, 0.29) is 17.1 Å². The minimum absolute atomic E-state index is 0.00968. The average Bonchev–Trinajstić information content (AvgIpc) is 3.17. The molecule has 0 aliphatic heterocycles. The summed E-state index contributed by atoms with van der Waals surface area (Å²) in [5.74, 6) is 2.49. The van der Waals surface area contributed by atoms with E-state index in [0.717, 1.165) is 30.8 Å². The van der Waals surface area contributed by atoms with Crippen LogP contribution in [0.3, 0.4) is 0 Å². The van der Waals surface area contributed by atoms with Gasteiger partial charge in [0.15, 0.2) is 0 Å². The fourth-order valence-corrected chi connectivity index (χ4v) is 6.22. The maximum atomic E-state index is 12.3. The van der Waals surface area contributed by atoms with Crippen LogP contribution in [0.25, 0.3) is 10.8 Å². The van der Waals surface area contributed by atoms with Gasteiger partial charge in [-0.2, -0.15) is 11.8 Å². The number of esters is 1. The van der Waals surface area contributed by atoms with Gasteiger partial charge in [0.1, 0.15) is 5.78 Å². The fraction of sp³-hybridized carbons (Fsp3) is 0.462. The molecule has 0 saturated heterocycles. The van der Waals surface area contributed by atoms with E-state index in [1.807, 2.05) is 18.2 Å². The second-order valence-electron chi connectivity index (χ2n) is 8.11. The van der Waals surface area contributed by atoms with Crippen LogP contribution in [0.1, 0.15) is 31.2 Å². The van der Waals surface area contributed by atoms with Crippen LogP contribution >= 0.6 is 23.5 Å². The summed E-state index contributed by atoms with van der Waals surface area (Å²) in [6, 6.07) is 14.8. The number of rotatable bonds is 12. The Hall–Kier alpha value is -1.76. The molecule has 1 N–H and O–H groups in total. The quantitative estimate of drug-likeness (QED) is 0.264. The van der Waals surface area contributed by atoms with Gasteiger partial charge in [0.25, 0.3) is 0 Å². The summed E-state index contributed by atoms with van der Waals surface area (Å²) < 4.78 is 4.63. The van der Waals surface area contributed by atoms with E-state index >= 15 is 0 Å². The van der Waals surface area contributed by atoms with E-state index in [0.29, 0.717) is 24.4 Å². The predicted molar refractivity (Wildman–Crippen MR) is 135 cm³/mol. The van der Waals surface area contributed by atoms with E-state index in [4.69, 9.17) is 0 Å². The first kappa shape index (κ1) is 24.9. The molecule has 0 heterocycles. The van der Waals surface area contributed by atoms with Crippen LogP contribution < -0.4 is 0 Å². The molecule has 0 amide bonds. The number of Topliss-reactive ketones (excluding diaryl/α,β-unsaturated/α-hetero) is 1. The number of hydrogen-bond acceptors (Lipinski definition) is 6. The highest BCUT2D eigenvalue weighted by Crippen LogP contribution is 2.34. The summed E-state index contributed by atoms with van der Waals surface area (Å²) in [4.78, 5) is 23.4. The van der Waals surface area contributed by atoms with E-state index < -0.39 is 6.10 Å². The van der Waals surface area contributed by atoms with Crippen molar-refractivity contribution in [3.05, 3.63) is 60.2 Å². The van der Waals surface area contributed by atoms with Gasteiger partial charge in [0, 0.05) is 6.42 Å². The number of ether oxygens (including phenoxy) is 1. The number of hydrogen-bond donors (Lipinski definition) is 1. The number of carbonyl (C=O) groups excluding carboxylic acids is 2. The summed E-state index contributed by atoms with van der Waals surface area (Å²) in [5.41, 5.74) is 1.23. The van der Waals surface area contributed by atoms with Gasteiger partial charge in [-0.3, -0.25) is 9.59 Å².